The van der Waals surface area contributed by atoms with Gasteiger partial charge in [0, 0.05) is 11.0 Å². The first-order valence-corrected chi connectivity index (χ1v) is 7.39. The Kier molecular flexibility index (Phi) is 4.19. The lowest BCUT2D eigenvalue weighted by Crippen LogP contribution is -2.32. The number of alkyl carbamates (subject to hydrolysis) is 1. The monoisotopic (exact) mass is 325 g/mol. The van der Waals surface area contributed by atoms with Crippen LogP contribution in [-0.2, 0) is 11.3 Å². The van der Waals surface area contributed by atoms with E-state index in [4.69, 9.17) is 4.74 Å². The van der Waals surface area contributed by atoms with Crippen molar-refractivity contribution >= 4 is 22.0 Å². The maximum Gasteiger partial charge on any atom is 0.407 e. The average molecular weight is 326 g/mol. The lowest BCUT2D eigenvalue weighted by Gasteiger charge is -2.19. The van der Waals surface area contributed by atoms with Gasteiger partial charge in [0.05, 0.1) is 0 Å². The number of rotatable bonds is 3. The smallest absolute Gasteiger partial charge is 0.407 e. The van der Waals surface area contributed by atoms with Crippen LogP contribution in [0.5, 0.6) is 0 Å². The predicted octanol–water partition coefficient (Wildman–Crippen LogP) is 4.35. The first kappa shape index (κ1) is 14.4. The second-order valence-corrected chi connectivity index (χ2v) is 6.84. The van der Waals surface area contributed by atoms with Crippen molar-refractivity contribution in [2.75, 3.05) is 0 Å². The van der Waals surface area contributed by atoms with Crippen molar-refractivity contribution in [3.05, 3.63) is 33.8 Å². The normalized spacial score (nSPS) is 15.2. The van der Waals surface area contributed by atoms with E-state index in [1.165, 1.54) is 18.4 Å². The predicted molar refractivity (Wildman–Crippen MR) is 79.2 cm³/mol. The summed E-state index contributed by atoms with van der Waals surface area (Å²) in [6.07, 6.45) is 2.16. The fourth-order valence-electron chi connectivity index (χ4n) is 1.90. The Hall–Kier alpha value is -1.03. The van der Waals surface area contributed by atoms with E-state index in [1.807, 2.05) is 26.8 Å². The number of ether oxygens (including phenoxy) is 1. The Morgan fingerprint density at radius 2 is 2.11 bits per heavy atom. The Morgan fingerprint density at radius 1 is 1.42 bits per heavy atom. The highest BCUT2D eigenvalue weighted by atomic mass is 79.9. The third-order valence-electron chi connectivity index (χ3n) is 2.91. The van der Waals surface area contributed by atoms with E-state index in [2.05, 4.69) is 33.4 Å². The minimum atomic E-state index is -0.455. The van der Waals surface area contributed by atoms with Crippen molar-refractivity contribution in [3.63, 3.8) is 0 Å². The molecule has 1 aliphatic rings. The van der Waals surface area contributed by atoms with Gasteiger partial charge < -0.3 is 10.1 Å². The summed E-state index contributed by atoms with van der Waals surface area (Å²) in [7, 11) is 0. The van der Waals surface area contributed by atoms with Gasteiger partial charge in [-0.15, -0.1) is 0 Å². The van der Waals surface area contributed by atoms with Gasteiger partial charge in [-0.25, -0.2) is 4.79 Å². The van der Waals surface area contributed by atoms with Crippen LogP contribution in [0.15, 0.2) is 22.7 Å². The molecular weight excluding hydrogens is 306 g/mol. The van der Waals surface area contributed by atoms with Crippen LogP contribution in [-0.4, -0.2) is 11.7 Å². The zero-order chi connectivity index (χ0) is 14.0. The topological polar surface area (TPSA) is 38.3 Å². The summed E-state index contributed by atoms with van der Waals surface area (Å²) in [5, 5.41) is 2.79. The van der Waals surface area contributed by atoms with E-state index in [-0.39, 0.29) is 6.09 Å². The quantitative estimate of drug-likeness (QED) is 0.897. The summed E-state index contributed by atoms with van der Waals surface area (Å²) >= 11 is 3.58. The first-order chi connectivity index (χ1) is 8.85. The molecule has 0 atom stereocenters. The Balaban J connectivity index is 1.93. The van der Waals surface area contributed by atoms with Crippen LogP contribution in [0.3, 0.4) is 0 Å². The molecule has 2 rings (SSSR count). The first-order valence-electron chi connectivity index (χ1n) is 6.60. The molecule has 1 N–H and O–H groups in total. The lowest BCUT2D eigenvalue weighted by molar-refractivity contribution is 0.0523. The average Bonchev–Trinajstić information content (AvgIpc) is 3.09. The minimum absolute atomic E-state index is 0.372. The van der Waals surface area contributed by atoms with E-state index in [0.717, 1.165) is 10.0 Å². The van der Waals surface area contributed by atoms with Gasteiger partial charge in [0.1, 0.15) is 5.60 Å². The van der Waals surface area contributed by atoms with E-state index in [1.54, 1.807) is 0 Å². The van der Waals surface area contributed by atoms with Gasteiger partial charge in [-0.3, -0.25) is 0 Å². The summed E-state index contributed by atoms with van der Waals surface area (Å²) in [4.78, 5) is 11.6. The van der Waals surface area contributed by atoms with Crippen LogP contribution in [0.25, 0.3) is 0 Å². The molecule has 0 aliphatic heterocycles. The number of carbonyl (C=O) groups is 1. The van der Waals surface area contributed by atoms with Crippen molar-refractivity contribution in [1.29, 1.82) is 0 Å². The molecule has 1 fully saturated rings. The second-order valence-electron chi connectivity index (χ2n) is 5.99. The van der Waals surface area contributed by atoms with Gasteiger partial charge in [-0.05, 0) is 56.7 Å². The van der Waals surface area contributed by atoms with Crippen molar-refractivity contribution in [2.24, 2.45) is 0 Å². The standard InChI is InChI=1S/C15H20BrNO2/c1-15(2,3)19-14(18)17-9-10-4-7-13(16)12(8-10)11-5-6-11/h4,7-8,11H,5-6,9H2,1-3H3,(H,17,18). The van der Waals surface area contributed by atoms with E-state index >= 15 is 0 Å². The number of hydrogen-bond acceptors (Lipinski definition) is 2. The van der Waals surface area contributed by atoms with Crippen molar-refractivity contribution in [3.8, 4) is 0 Å². The molecule has 4 heteroatoms. The number of amides is 1. The molecule has 1 saturated carbocycles. The molecule has 0 unspecified atom stereocenters. The summed E-state index contributed by atoms with van der Waals surface area (Å²) in [6.45, 7) is 6.08. The summed E-state index contributed by atoms with van der Waals surface area (Å²) < 4.78 is 6.38. The molecule has 0 heterocycles. The molecule has 19 heavy (non-hydrogen) atoms. The minimum Gasteiger partial charge on any atom is -0.444 e. The lowest BCUT2D eigenvalue weighted by atomic mass is 10.1. The molecule has 0 radical (unpaired) electrons. The van der Waals surface area contributed by atoms with Crippen LogP contribution in [0.2, 0.25) is 0 Å². The van der Waals surface area contributed by atoms with Crippen molar-refractivity contribution in [1.82, 2.24) is 5.32 Å². The molecule has 1 amide bonds. The van der Waals surface area contributed by atoms with Crippen LogP contribution in [0.1, 0.15) is 50.7 Å². The fraction of sp³-hybridized carbons (Fsp3) is 0.533. The van der Waals surface area contributed by atoms with E-state index in [0.29, 0.717) is 12.5 Å². The second kappa shape index (κ2) is 5.53. The Bertz CT molecular complexity index is 476. The maximum absolute atomic E-state index is 11.6. The van der Waals surface area contributed by atoms with Gasteiger partial charge in [0.15, 0.2) is 0 Å². The number of halogens is 1. The molecule has 3 nitrogen and oxygen atoms in total. The van der Waals surface area contributed by atoms with E-state index < -0.39 is 5.60 Å². The van der Waals surface area contributed by atoms with Gasteiger partial charge in [0.25, 0.3) is 0 Å². The number of nitrogens with one attached hydrogen (secondary N) is 1. The van der Waals surface area contributed by atoms with Crippen LogP contribution >= 0.6 is 15.9 Å². The molecule has 0 saturated heterocycles. The van der Waals surface area contributed by atoms with Gasteiger partial charge >= 0.3 is 6.09 Å². The highest BCUT2D eigenvalue weighted by molar-refractivity contribution is 9.10. The van der Waals surface area contributed by atoms with Crippen molar-refractivity contribution in [2.45, 2.75) is 51.7 Å². The highest BCUT2D eigenvalue weighted by Crippen LogP contribution is 2.43. The summed E-state index contributed by atoms with van der Waals surface area (Å²) in [5.74, 6) is 0.691. The molecule has 0 bridgehead atoms. The molecule has 1 aliphatic carbocycles. The summed E-state index contributed by atoms with van der Waals surface area (Å²) in [5.41, 5.74) is 2.00. The molecule has 1 aromatic carbocycles. The van der Waals surface area contributed by atoms with Gasteiger partial charge in [0.2, 0.25) is 0 Å². The van der Waals surface area contributed by atoms with Crippen molar-refractivity contribution < 1.29 is 9.53 Å². The number of hydrogen-bond donors (Lipinski definition) is 1. The van der Waals surface area contributed by atoms with Crippen LogP contribution in [0.4, 0.5) is 4.79 Å². The van der Waals surface area contributed by atoms with Gasteiger partial charge in [-0.2, -0.15) is 0 Å². The summed E-state index contributed by atoms with van der Waals surface area (Å²) in [6, 6.07) is 6.24. The largest absolute Gasteiger partial charge is 0.444 e. The molecule has 0 aromatic heterocycles. The number of benzene rings is 1. The molecule has 104 valence electrons. The highest BCUT2D eigenvalue weighted by Gasteiger charge is 2.25. The SMILES string of the molecule is CC(C)(C)OC(=O)NCc1ccc(Br)c(C2CC2)c1. The van der Waals surface area contributed by atoms with E-state index in [9.17, 15) is 4.79 Å². The Morgan fingerprint density at radius 3 is 2.68 bits per heavy atom. The van der Waals surface area contributed by atoms with Gasteiger partial charge in [-0.1, -0.05) is 28.1 Å². The fourth-order valence-corrected chi connectivity index (χ4v) is 2.47. The third-order valence-corrected chi connectivity index (χ3v) is 3.64. The number of carbonyl (C=O) groups excluding carboxylic acids is 1. The third kappa shape index (κ3) is 4.53. The zero-order valence-electron chi connectivity index (χ0n) is 11.6. The molecule has 1 aromatic rings. The zero-order valence-corrected chi connectivity index (χ0v) is 13.2. The molecular formula is C15H20BrNO2. The van der Waals surface area contributed by atoms with Crippen LogP contribution in [0, 0.1) is 0 Å². The molecule has 0 spiro atoms. The van der Waals surface area contributed by atoms with Crippen LogP contribution < -0.4 is 5.32 Å². The Labute approximate surface area is 122 Å². The maximum atomic E-state index is 11.6.